The summed E-state index contributed by atoms with van der Waals surface area (Å²) in [6.45, 7) is 4.30. The van der Waals surface area contributed by atoms with Crippen LogP contribution in [0.1, 0.15) is 21.2 Å². The first kappa shape index (κ1) is 24.2. The molecule has 0 aliphatic heterocycles. The summed E-state index contributed by atoms with van der Waals surface area (Å²) in [5.74, 6) is 2.69. The third-order valence-electron chi connectivity index (χ3n) is 4.50. The van der Waals surface area contributed by atoms with E-state index in [2.05, 4.69) is 29.2 Å². The second-order valence-corrected chi connectivity index (χ2v) is 8.10. The molecule has 8 heteroatoms. The van der Waals surface area contributed by atoms with E-state index in [0.717, 1.165) is 54.0 Å². The Labute approximate surface area is 199 Å². The Morgan fingerprint density at radius 2 is 2.03 bits per heavy atom. The highest BCUT2D eigenvalue weighted by molar-refractivity contribution is 14.0. The molecule has 0 saturated heterocycles. The largest absolute Gasteiger partial charge is 0.497 e. The van der Waals surface area contributed by atoms with Gasteiger partial charge in [-0.3, -0.25) is 0 Å². The van der Waals surface area contributed by atoms with Crippen molar-refractivity contribution in [3.05, 3.63) is 70.1 Å². The molecule has 0 spiro atoms. The van der Waals surface area contributed by atoms with Gasteiger partial charge in [-0.1, -0.05) is 12.1 Å². The number of nitrogens with zero attached hydrogens (tertiary/aromatic N) is 3. The molecule has 0 amide bonds. The van der Waals surface area contributed by atoms with Crippen molar-refractivity contribution in [2.75, 3.05) is 27.2 Å². The molecule has 0 saturated carbocycles. The molecule has 6 nitrogen and oxygen atoms in total. The highest BCUT2D eigenvalue weighted by atomic mass is 127. The minimum absolute atomic E-state index is 0. The van der Waals surface area contributed by atoms with E-state index in [4.69, 9.17) is 14.1 Å². The number of methoxy groups -OCH3 is 1. The molecule has 0 bridgehead atoms. The first-order chi connectivity index (χ1) is 14.1. The SMILES string of the molecule is COc1ccc(CN=C(NCCc2ccco2)N(C)CCc2ncc(C)s2)cc1.I. The molecule has 3 rings (SSSR count). The highest BCUT2D eigenvalue weighted by Crippen LogP contribution is 2.13. The summed E-state index contributed by atoms with van der Waals surface area (Å²) < 4.78 is 10.6. The van der Waals surface area contributed by atoms with Gasteiger partial charge in [0.15, 0.2) is 5.96 Å². The lowest BCUT2D eigenvalue weighted by atomic mass is 10.2. The standard InChI is InChI=1S/C22H28N4O2S.HI/c1-17-15-24-21(29-17)11-13-26(2)22(23-12-10-20-5-4-14-28-20)25-16-18-6-8-19(27-3)9-7-18;/h4-9,14-15H,10-13,16H2,1-3H3,(H,23,25);1H. The van der Waals surface area contributed by atoms with Gasteiger partial charge < -0.3 is 19.4 Å². The van der Waals surface area contributed by atoms with Crippen LogP contribution < -0.4 is 10.1 Å². The zero-order chi connectivity index (χ0) is 20.5. The highest BCUT2D eigenvalue weighted by Gasteiger charge is 2.09. The average Bonchev–Trinajstić information content (AvgIpc) is 3.40. The van der Waals surface area contributed by atoms with Crippen molar-refractivity contribution in [2.24, 2.45) is 4.99 Å². The van der Waals surface area contributed by atoms with Crippen LogP contribution in [-0.4, -0.2) is 43.1 Å². The molecule has 1 aromatic carbocycles. The second-order valence-electron chi connectivity index (χ2n) is 6.78. The smallest absolute Gasteiger partial charge is 0.194 e. The molecule has 0 fully saturated rings. The van der Waals surface area contributed by atoms with Crippen LogP contribution in [-0.2, 0) is 19.4 Å². The molecule has 0 radical (unpaired) electrons. The van der Waals surface area contributed by atoms with E-state index < -0.39 is 0 Å². The molecular weight excluding hydrogens is 511 g/mol. The zero-order valence-electron chi connectivity index (χ0n) is 17.6. The lowest BCUT2D eigenvalue weighted by Crippen LogP contribution is -2.40. The number of halogens is 1. The van der Waals surface area contributed by atoms with E-state index in [-0.39, 0.29) is 24.0 Å². The van der Waals surface area contributed by atoms with Crippen molar-refractivity contribution < 1.29 is 9.15 Å². The first-order valence-electron chi connectivity index (χ1n) is 9.70. The summed E-state index contributed by atoms with van der Waals surface area (Å²) in [4.78, 5) is 12.7. The van der Waals surface area contributed by atoms with Crippen LogP contribution in [0.5, 0.6) is 5.75 Å². The van der Waals surface area contributed by atoms with Gasteiger partial charge in [0.25, 0.3) is 0 Å². The van der Waals surface area contributed by atoms with Gasteiger partial charge in [0.2, 0.25) is 0 Å². The van der Waals surface area contributed by atoms with Crippen molar-refractivity contribution >= 4 is 41.3 Å². The van der Waals surface area contributed by atoms with Gasteiger partial charge in [-0.15, -0.1) is 35.3 Å². The van der Waals surface area contributed by atoms with Gasteiger partial charge in [0, 0.05) is 44.1 Å². The second kappa shape index (κ2) is 12.6. The van der Waals surface area contributed by atoms with Gasteiger partial charge in [0.05, 0.1) is 24.9 Å². The topological polar surface area (TPSA) is 62.9 Å². The van der Waals surface area contributed by atoms with Gasteiger partial charge >= 0.3 is 0 Å². The fraction of sp³-hybridized carbons (Fsp3) is 0.364. The van der Waals surface area contributed by atoms with E-state index in [0.29, 0.717) is 6.54 Å². The maximum absolute atomic E-state index is 5.42. The molecule has 0 atom stereocenters. The average molecular weight is 540 g/mol. The van der Waals surface area contributed by atoms with E-state index in [1.54, 1.807) is 24.7 Å². The Hall–Kier alpha value is -2.07. The number of hydrogen-bond acceptors (Lipinski definition) is 5. The maximum atomic E-state index is 5.42. The van der Waals surface area contributed by atoms with Crippen molar-refractivity contribution in [3.8, 4) is 5.75 Å². The number of furan rings is 1. The molecule has 0 aliphatic carbocycles. The summed E-state index contributed by atoms with van der Waals surface area (Å²) in [6, 6.07) is 11.9. The summed E-state index contributed by atoms with van der Waals surface area (Å²) >= 11 is 1.75. The summed E-state index contributed by atoms with van der Waals surface area (Å²) in [5, 5.41) is 4.62. The third kappa shape index (κ3) is 7.64. The van der Waals surface area contributed by atoms with E-state index in [1.165, 1.54) is 4.88 Å². The predicted molar refractivity (Wildman–Crippen MR) is 133 cm³/mol. The van der Waals surface area contributed by atoms with Crippen molar-refractivity contribution in [1.29, 1.82) is 0 Å². The number of ether oxygens (including phenoxy) is 1. The Morgan fingerprint density at radius 1 is 1.23 bits per heavy atom. The van der Waals surface area contributed by atoms with Crippen LogP contribution in [0.15, 0.2) is 58.3 Å². The van der Waals surface area contributed by atoms with Crippen LogP contribution in [0.4, 0.5) is 0 Å². The Kier molecular flexibility index (Phi) is 10.2. The summed E-state index contributed by atoms with van der Waals surface area (Å²) in [5.41, 5.74) is 1.14. The number of likely N-dealkylation sites (N-methyl/N-ethyl adjacent to an activating group) is 1. The quantitative estimate of drug-likeness (QED) is 0.246. The summed E-state index contributed by atoms with van der Waals surface area (Å²) in [6.07, 6.45) is 5.35. The first-order valence-corrected chi connectivity index (χ1v) is 10.5. The van der Waals surface area contributed by atoms with E-state index in [9.17, 15) is 0 Å². The van der Waals surface area contributed by atoms with Crippen molar-refractivity contribution in [3.63, 3.8) is 0 Å². The number of aryl methyl sites for hydroxylation is 1. The molecule has 2 heterocycles. The van der Waals surface area contributed by atoms with Crippen LogP contribution in [0.2, 0.25) is 0 Å². The predicted octanol–water partition coefficient (Wildman–Crippen LogP) is 4.53. The van der Waals surface area contributed by atoms with Crippen LogP contribution >= 0.6 is 35.3 Å². The third-order valence-corrected chi connectivity index (χ3v) is 5.47. The van der Waals surface area contributed by atoms with Crippen molar-refractivity contribution in [1.82, 2.24) is 15.2 Å². The fourth-order valence-electron chi connectivity index (χ4n) is 2.85. The summed E-state index contributed by atoms with van der Waals surface area (Å²) in [7, 11) is 3.74. The monoisotopic (exact) mass is 540 g/mol. The Morgan fingerprint density at radius 3 is 2.67 bits per heavy atom. The number of benzene rings is 1. The lowest BCUT2D eigenvalue weighted by molar-refractivity contribution is 0.414. The van der Waals surface area contributed by atoms with Crippen LogP contribution in [0.3, 0.4) is 0 Å². The van der Waals surface area contributed by atoms with Gasteiger partial charge in [-0.25, -0.2) is 9.98 Å². The normalized spacial score (nSPS) is 11.1. The molecule has 3 aromatic rings. The van der Waals surface area contributed by atoms with Gasteiger partial charge in [0.1, 0.15) is 11.5 Å². The number of aromatic nitrogens is 1. The van der Waals surface area contributed by atoms with E-state index >= 15 is 0 Å². The number of thiazole rings is 1. The molecular formula is C22H29IN4O2S. The van der Waals surface area contributed by atoms with Gasteiger partial charge in [-0.2, -0.15) is 0 Å². The molecule has 162 valence electrons. The number of rotatable bonds is 9. The molecule has 0 unspecified atom stereocenters. The Bertz CT molecular complexity index is 894. The zero-order valence-corrected chi connectivity index (χ0v) is 20.8. The van der Waals surface area contributed by atoms with Crippen molar-refractivity contribution in [2.45, 2.75) is 26.3 Å². The maximum Gasteiger partial charge on any atom is 0.194 e. The van der Waals surface area contributed by atoms with Crippen LogP contribution in [0, 0.1) is 6.92 Å². The Balaban J connectivity index is 0.00000320. The minimum atomic E-state index is 0. The molecule has 2 aromatic heterocycles. The van der Waals surface area contributed by atoms with E-state index in [1.807, 2.05) is 42.6 Å². The number of aliphatic imine (C=N–C) groups is 1. The van der Waals surface area contributed by atoms with Gasteiger partial charge in [-0.05, 0) is 36.8 Å². The number of hydrogen-bond donors (Lipinski definition) is 1. The van der Waals surface area contributed by atoms with Crippen LogP contribution in [0.25, 0.3) is 0 Å². The number of nitrogens with one attached hydrogen (secondary N) is 1. The molecule has 0 aliphatic rings. The molecule has 1 N–H and O–H groups in total. The molecule has 30 heavy (non-hydrogen) atoms. The lowest BCUT2D eigenvalue weighted by Gasteiger charge is -2.22. The number of guanidine groups is 1. The minimum Gasteiger partial charge on any atom is -0.497 e. The fourth-order valence-corrected chi connectivity index (χ4v) is 3.62.